The molecule has 0 aromatic heterocycles. The number of thioether (sulfide) groups is 1. The van der Waals surface area contributed by atoms with E-state index in [1.807, 2.05) is 30.3 Å². The number of benzene rings is 2. The molecule has 1 heterocycles. The summed E-state index contributed by atoms with van der Waals surface area (Å²) in [7, 11) is 0. The molecule has 144 valence electrons. The number of phenols is 1. The first kappa shape index (κ1) is 20.1. The van der Waals surface area contributed by atoms with Gasteiger partial charge in [-0.3, -0.25) is 24.6 Å². The lowest BCUT2D eigenvalue weighted by Gasteiger charge is -2.12. The van der Waals surface area contributed by atoms with Crippen molar-refractivity contribution >= 4 is 50.6 Å². The van der Waals surface area contributed by atoms with Crippen molar-refractivity contribution in [3.05, 3.63) is 73.1 Å². The van der Waals surface area contributed by atoms with Gasteiger partial charge in [-0.25, -0.2) is 0 Å². The monoisotopic (exact) mass is 462 g/mol. The van der Waals surface area contributed by atoms with Crippen molar-refractivity contribution in [3.63, 3.8) is 0 Å². The van der Waals surface area contributed by atoms with Gasteiger partial charge in [-0.2, -0.15) is 0 Å². The molecule has 3 rings (SSSR count). The van der Waals surface area contributed by atoms with Crippen molar-refractivity contribution < 1.29 is 19.6 Å². The Balaban J connectivity index is 1.75. The number of phenolic OH excluding ortho intramolecular Hbond substituents is 1. The Kier molecular flexibility index (Phi) is 6.15. The molecule has 2 amide bonds. The minimum absolute atomic E-state index is 0.0934. The van der Waals surface area contributed by atoms with Gasteiger partial charge in [0.2, 0.25) is 0 Å². The van der Waals surface area contributed by atoms with E-state index in [0.29, 0.717) is 6.42 Å². The predicted octanol–water partition coefficient (Wildman–Crippen LogP) is 4.73. The SMILES string of the molecule is O=C1S/C(=C/c2cc([N+](=O)[O-])cc(Br)c2O)C(=O)N1CCCc1ccccc1. The summed E-state index contributed by atoms with van der Waals surface area (Å²) < 4.78 is 0.134. The van der Waals surface area contributed by atoms with Crippen LogP contribution in [0, 0.1) is 10.1 Å². The Morgan fingerprint density at radius 1 is 1.21 bits per heavy atom. The van der Waals surface area contributed by atoms with Gasteiger partial charge in [-0.05, 0) is 52.2 Å². The Hall–Kier alpha value is -2.65. The lowest BCUT2D eigenvalue weighted by Crippen LogP contribution is -2.29. The first-order valence-corrected chi connectivity index (χ1v) is 9.94. The zero-order valence-corrected chi connectivity index (χ0v) is 16.9. The van der Waals surface area contributed by atoms with E-state index in [1.165, 1.54) is 12.1 Å². The van der Waals surface area contributed by atoms with Crippen molar-refractivity contribution in [2.75, 3.05) is 6.54 Å². The van der Waals surface area contributed by atoms with Gasteiger partial charge >= 0.3 is 0 Å². The van der Waals surface area contributed by atoms with Gasteiger partial charge in [0.25, 0.3) is 16.8 Å². The smallest absolute Gasteiger partial charge is 0.293 e. The molecule has 1 aliphatic heterocycles. The maximum absolute atomic E-state index is 12.6. The summed E-state index contributed by atoms with van der Waals surface area (Å²) >= 11 is 3.81. The van der Waals surface area contributed by atoms with E-state index in [2.05, 4.69) is 15.9 Å². The van der Waals surface area contributed by atoms with E-state index in [4.69, 9.17) is 0 Å². The van der Waals surface area contributed by atoms with Crippen molar-refractivity contribution in [1.82, 2.24) is 4.90 Å². The van der Waals surface area contributed by atoms with Gasteiger partial charge in [0, 0.05) is 24.2 Å². The van der Waals surface area contributed by atoms with Gasteiger partial charge < -0.3 is 5.11 Å². The second-order valence-corrected chi connectivity index (χ2v) is 7.89. The average molecular weight is 463 g/mol. The number of rotatable bonds is 6. The number of hydrogen-bond donors (Lipinski definition) is 1. The summed E-state index contributed by atoms with van der Waals surface area (Å²) in [6, 6.07) is 12.1. The number of aromatic hydroxyl groups is 1. The second-order valence-electron chi connectivity index (χ2n) is 6.05. The van der Waals surface area contributed by atoms with E-state index >= 15 is 0 Å². The van der Waals surface area contributed by atoms with Gasteiger partial charge in [-0.1, -0.05) is 30.3 Å². The third-order valence-electron chi connectivity index (χ3n) is 4.14. The van der Waals surface area contributed by atoms with E-state index in [-0.39, 0.29) is 32.9 Å². The summed E-state index contributed by atoms with van der Waals surface area (Å²) in [6.07, 6.45) is 2.67. The van der Waals surface area contributed by atoms with E-state index in [1.54, 1.807) is 0 Å². The number of hydrogen-bond acceptors (Lipinski definition) is 6. The zero-order valence-electron chi connectivity index (χ0n) is 14.5. The molecule has 1 aliphatic rings. The molecule has 9 heteroatoms. The number of amides is 2. The molecule has 0 unspecified atom stereocenters. The third-order valence-corrected chi connectivity index (χ3v) is 5.65. The Morgan fingerprint density at radius 3 is 2.61 bits per heavy atom. The second kappa shape index (κ2) is 8.57. The summed E-state index contributed by atoms with van der Waals surface area (Å²) in [5.41, 5.74) is 0.977. The summed E-state index contributed by atoms with van der Waals surface area (Å²) in [5, 5.41) is 20.7. The highest BCUT2D eigenvalue weighted by atomic mass is 79.9. The number of halogens is 1. The average Bonchev–Trinajstić information content (AvgIpc) is 2.93. The van der Waals surface area contributed by atoms with Crippen molar-refractivity contribution in [2.45, 2.75) is 12.8 Å². The molecule has 7 nitrogen and oxygen atoms in total. The molecule has 1 N–H and O–H groups in total. The highest BCUT2D eigenvalue weighted by Crippen LogP contribution is 2.38. The standard InChI is InChI=1S/C19H15BrN2O5S/c20-15-11-14(22(26)27)9-13(17(15)23)10-16-18(24)21(19(25)28-16)8-4-7-12-5-2-1-3-6-12/h1-3,5-6,9-11,23H,4,7-8H2/b16-10+. The highest BCUT2D eigenvalue weighted by molar-refractivity contribution is 9.10. The highest BCUT2D eigenvalue weighted by Gasteiger charge is 2.34. The molecule has 0 radical (unpaired) electrons. The number of carbonyl (C=O) groups is 2. The molecule has 0 saturated carbocycles. The molecule has 0 spiro atoms. The summed E-state index contributed by atoms with van der Waals surface area (Å²) in [5.74, 6) is -0.702. The molecule has 1 fully saturated rings. The Morgan fingerprint density at radius 2 is 1.93 bits per heavy atom. The van der Waals surface area contributed by atoms with Crippen LogP contribution in [0.2, 0.25) is 0 Å². The van der Waals surface area contributed by atoms with Crippen LogP contribution < -0.4 is 0 Å². The molecule has 2 aromatic carbocycles. The van der Waals surface area contributed by atoms with Crippen LogP contribution in [-0.2, 0) is 11.2 Å². The van der Waals surface area contributed by atoms with Crippen molar-refractivity contribution in [2.24, 2.45) is 0 Å². The third kappa shape index (κ3) is 4.42. The van der Waals surface area contributed by atoms with Crippen LogP contribution in [0.4, 0.5) is 10.5 Å². The van der Waals surface area contributed by atoms with Crippen LogP contribution in [0.15, 0.2) is 51.8 Å². The molecule has 1 saturated heterocycles. The summed E-state index contributed by atoms with van der Waals surface area (Å²) in [4.78, 5) is 36.4. The molecular weight excluding hydrogens is 448 g/mol. The number of nitro benzene ring substituents is 1. The molecule has 0 aliphatic carbocycles. The van der Waals surface area contributed by atoms with Gasteiger partial charge in [0.1, 0.15) is 5.75 Å². The van der Waals surface area contributed by atoms with Gasteiger partial charge in [-0.15, -0.1) is 0 Å². The van der Waals surface area contributed by atoms with Crippen molar-refractivity contribution in [3.8, 4) is 5.75 Å². The molecular formula is C19H15BrN2O5S. The van der Waals surface area contributed by atoms with Crippen LogP contribution in [0.5, 0.6) is 5.75 Å². The van der Waals surface area contributed by atoms with E-state index in [0.717, 1.165) is 34.7 Å². The Bertz CT molecular complexity index is 978. The lowest BCUT2D eigenvalue weighted by molar-refractivity contribution is -0.385. The number of aryl methyl sites for hydroxylation is 1. The quantitative estimate of drug-likeness (QED) is 0.378. The van der Waals surface area contributed by atoms with Crippen LogP contribution in [-0.4, -0.2) is 32.6 Å². The number of non-ortho nitro benzene ring substituents is 1. The normalized spacial score (nSPS) is 15.5. The van der Waals surface area contributed by atoms with Gasteiger partial charge in [0.15, 0.2) is 0 Å². The fourth-order valence-electron chi connectivity index (χ4n) is 2.74. The lowest BCUT2D eigenvalue weighted by atomic mass is 10.1. The zero-order chi connectivity index (χ0) is 20.3. The van der Waals surface area contributed by atoms with Crippen LogP contribution >= 0.6 is 27.7 Å². The first-order chi connectivity index (χ1) is 13.4. The van der Waals surface area contributed by atoms with Crippen molar-refractivity contribution in [1.29, 1.82) is 0 Å². The topological polar surface area (TPSA) is 101 Å². The van der Waals surface area contributed by atoms with E-state index < -0.39 is 16.1 Å². The maximum atomic E-state index is 12.6. The molecule has 2 aromatic rings. The minimum atomic E-state index is -0.600. The fourth-order valence-corrected chi connectivity index (χ4v) is 4.06. The van der Waals surface area contributed by atoms with Crippen LogP contribution in [0.1, 0.15) is 17.5 Å². The van der Waals surface area contributed by atoms with E-state index in [9.17, 15) is 24.8 Å². The van der Waals surface area contributed by atoms with Crippen LogP contribution in [0.25, 0.3) is 6.08 Å². The Labute approximate surface area is 173 Å². The molecule has 0 bridgehead atoms. The summed E-state index contributed by atoms with van der Waals surface area (Å²) in [6.45, 7) is 0.279. The number of imide groups is 1. The first-order valence-electron chi connectivity index (χ1n) is 8.33. The largest absolute Gasteiger partial charge is 0.506 e. The number of carbonyl (C=O) groups excluding carboxylic acids is 2. The number of nitro groups is 1. The number of nitrogens with zero attached hydrogens (tertiary/aromatic N) is 2. The van der Waals surface area contributed by atoms with Gasteiger partial charge in [0.05, 0.1) is 14.3 Å². The predicted molar refractivity (Wildman–Crippen MR) is 110 cm³/mol. The molecule has 0 atom stereocenters. The minimum Gasteiger partial charge on any atom is -0.506 e. The van der Waals surface area contributed by atoms with Crippen LogP contribution in [0.3, 0.4) is 0 Å². The maximum Gasteiger partial charge on any atom is 0.293 e. The molecule has 28 heavy (non-hydrogen) atoms. The fraction of sp³-hybridized carbons (Fsp3) is 0.158.